The monoisotopic (exact) mass is 335 g/mol. The number of amides is 1. The van der Waals surface area contributed by atoms with Gasteiger partial charge in [0.15, 0.2) is 0 Å². The summed E-state index contributed by atoms with van der Waals surface area (Å²) < 4.78 is 0. The van der Waals surface area contributed by atoms with E-state index in [1.807, 2.05) is 48.5 Å². The number of nitrogens with zero attached hydrogens (tertiary/aromatic N) is 2. The fourth-order valence-corrected chi connectivity index (χ4v) is 3.03. The molecule has 2 aromatic carbocycles. The molecule has 1 N–H and O–H groups in total. The van der Waals surface area contributed by atoms with E-state index in [9.17, 15) is 4.79 Å². The van der Waals surface area contributed by atoms with Crippen LogP contribution in [0.4, 0.5) is 11.4 Å². The van der Waals surface area contributed by atoms with Crippen molar-refractivity contribution >= 4 is 28.9 Å². The van der Waals surface area contributed by atoms with E-state index in [0.29, 0.717) is 10.6 Å². The van der Waals surface area contributed by atoms with E-state index in [1.165, 1.54) is 0 Å². The molecule has 0 fully saturated rings. The minimum absolute atomic E-state index is 0.0477. The van der Waals surface area contributed by atoms with E-state index in [1.54, 1.807) is 29.4 Å². The van der Waals surface area contributed by atoms with E-state index in [-0.39, 0.29) is 12.1 Å². The molecule has 118 valence electrons. The van der Waals surface area contributed by atoms with Gasteiger partial charge in [-0.15, -0.1) is 0 Å². The summed E-state index contributed by atoms with van der Waals surface area (Å²) in [7, 11) is 0. The van der Waals surface area contributed by atoms with Gasteiger partial charge in [0.25, 0.3) is 5.91 Å². The maximum absolute atomic E-state index is 13.1. The summed E-state index contributed by atoms with van der Waals surface area (Å²) in [4.78, 5) is 18.9. The lowest BCUT2D eigenvalue weighted by Crippen LogP contribution is -2.43. The summed E-state index contributed by atoms with van der Waals surface area (Å²) in [6.45, 7) is 0. The highest BCUT2D eigenvalue weighted by molar-refractivity contribution is 6.30. The van der Waals surface area contributed by atoms with Gasteiger partial charge in [-0.3, -0.25) is 14.7 Å². The molecule has 4 rings (SSSR count). The number of para-hydroxylation sites is 1. The lowest BCUT2D eigenvalue weighted by molar-refractivity contribution is 0.0975. The second kappa shape index (κ2) is 5.98. The number of carbonyl (C=O) groups excluding carboxylic acids is 1. The number of aromatic nitrogens is 1. The van der Waals surface area contributed by atoms with E-state index < -0.39 is 0 Å². The Morgan fingerprint density at radius 1 is 0.958 bits per heavy atom. The van der Waals surface area contributed by atoms with E-state index in [0.717, 1.165) is 16.9 Å². The standard InChI is InChI=1S/C19H14ClN3O/c20-14-5-7-15(8-6-14)23-18(13-9-11-21-12-10-13)22-17-4-2-1-3-16(17)19(23)24/h1-12,18,22H/t18-/m1/s1. The predicted molar refractivity (Wildman–Crippen MR) is 95.3 cm³/mol. The minimum atomic E-state index is -0.309. The first-order chi connectivity index (χ1) is 11.7. The molecule has 5 heteroatoms. The Hall–Kier alpha value is -2.85. The molecule has 0 saturated heterocycles. The molecule has 2 heterocycles. The normalized spacial score (nSPS) is 16.5. The number of hydrogen-bond donors (Lipinski definition) is 1. The van der Waals surface area contributed by atoms with Crippen LogP contribution in [0.2, 0.25) is 5.02 Å². The van der Waals surface area contributed by atoms with E-state index in [2.05, 4.69) is 10.3 Å². The SMILES string of the molecule is O=C1c2ccccc2N[C@@H](c2ccncc2)N1c1ccc(Cl)cc1. The van der Waals surface area contributed by atoms with Crippen molar-refractivity contribution in [2.24, 2.45) is 0 Å². The van der Waals surface area contributed by atoms with Gasteiger partial charge in [-0.25, -0.2) is 0 Å². The number of hydrogen-bond acceptors (Lipinski definition) is 3. The smallest absolute Gasteiger partial charge is 0.262 e. The highest BCUT2D eigenvalue weighted by Gasteiger charge is 2.33. The van der Waals surface area contributed by atoms with Gasteiger partial charge < -0.3 is 5.32 Å². The molecule has 0 saturated carbocycles. The zero-order valence-electron chi connectivity index (χ0n) is 12.7. The van der Waals surface area contributed by atoms with Crippen LogP contribution in [0, 0.1) is 0 Å². The fourth-order valence-electron chi connectivity index (χ4n) is 2.90. The largest absolute Gasteiger partial charge is 0.360 e. The van der Waals surface area contributed by atoms with Gasteiger partial charge in [0.2, 0.25) is 0 Å². The van der Waals surface area contributed by atoms with Gasteiger partial charge in [0, 0.05) is 28.8 Å². The molecule has 0 aliphatic carbocycles. The number of benzene rings is 2. The number of fused-ring (bicyclic) bond motifs is 1. The first-order valence-electron chi connectivity index (χ1n) is 7.59. The molecule has 3 aromatic rings. The van der Waals surface area contributed by atoms with Crippen molar-refractivity contribution in [2.45, 2.75) is 6.17 Å². The van der Waals surface area contributed by atoms with Crippen molar-refractivity contribution in [2.75, 3.05) is 10.2 Å². The highest BCUT2D eigenvalue weighted by atomic mass is 35.5. The molecule has 1 aromatic heterocycles. The molecular formula is C19H14ClN3O. The maximum Gasteiger partial charge on any atom is 0.262 e. The van der Waals surface area contributed by atoms with Crippen molar-refractivity contribution in [1.29, 1.82) is 0 Å². The van der Waals surface area contributed by atoms with Crippen LogP contribution in [0.1, 0.15) is 22.1 Å². The minimum Gasteiger partial charge on any atom is -0.360 e. The maximum atomic E-state index is 13.1. The van der Waals surface area contributed by atoms with Crippen molar-refractivity contribution in [3.05, 3.63) is 89.2 Å². The van der Waals surface area contributed by atoms with Gasteiger partial charge in [0.05, 0.1) is 5.56 Å². The average Bonchev–Trinajstić information content (AvgIpc) is 2.63. The van der Waals surface area contributed by atoms with Crippen molar-refractivity contribution in [1.82, 2.24) is 4.98 Å². The van der Waals surface area contributed by atoms with Crippen LogP contribution in [0.15, 0.2) is 73.1 Å². The average molecular weight is 336 g/mol. The number of halogens is 1. The summed E-state index contributed by atoms with van der Waals surface area (Å²) in [6.07, 6.45) is 3.14. The first-order valence-corrected chi connectivity index (χ1v) is 7.96. The number of anilines is 2. The summed E-state index contributed by atoms with van der Waals surface area (Å²) in [6, 6.07) is 18.6. The number of carbonyl (C=O) groups is 1. The van der Waals surface area contributed by atoms with Gasteiger partial charge in [0.1, 0.15) is 6.17 Å². The fraction of sp³-hybridized carbons (Fsp3) is 0.0526. The third-order valence-corrected chi connectivity index (χ3v) is 4.31. The van der Waals surface area contributed by atoms with Crippen LogP contribution in [0.5, 0.6) is 0 Å². The van der Waals surface area contributed by atoms with Crippen LogP contribution in [-0.2, 0) is 0 Å². The molecule has 24 heavy (non-hydrogen) atoms. The topological polar surface area (TPSA) is 45.2 Å². The Kier molecular flexibility index (Phi) is 3.67. The van der Waals surface area contributed by atoms with Gasteiger partial charge >= 0.3 is 0 Å². The molecule has 4 nitrogen and oxygen atoms in total. The lowest BCUT2D eigenvalue weighted by Gasteiger charge is -2.38. The molecule has 0 spiro atoms. The summed E-state index contributed by atoms with van der Waals surface area (Å²) in [5, 5.41) is 4.09. The molecule has 1 amide bonds. The third kappa shape index (κ3) is 2.51. The summed E-state index contributed by atoms with van der Waals surface area (Å²) in [5.74, 6) is -0.0477. The summed E-state index contributed by atoms with van der Waals surface area (Å²) >= 11 is 5.99. The highest BCUT2D eigenvalue weighted by Crippen LogP contribution is 2.36. The van der Waals surface area contributed by atoms with E-state index in [4.69, 9.17) is 11.6 Å². The second-order valence-electron chi connectivity index (χ2n) is 5.52. The quantitative estimate of drug-likeness (QED) is 0.749. The molecule has 0 unspecified atom stereocenters. The van der Waals surface area contributed by atoms with Crippen molar-refractivity contribution < 1.29 is 4.79 Å². The van der Waals surface area contributed by atoms with Crippen molar-refractivity contribution in [3.8, 4) is 0 Å². The van der Waals surface area contributed by atoms with Crippen LogP contribution in [0.3, 0.4) is 0 Å². The Bertz CT molecular complexity index is 881. The van der Waals surface area contributed by atoms with Gasteiger partial charge in [-0.1, -0.05) is 23.7 Å². The Balaban J connectivity index is 1.86. The molecular weight excluding hydrogens is 322 g/mol. The van der Waals surface area contributed by atoms with Crippen molar-refractivity contribution in [3.63, 3.8) is 0 Å². The first kappa shape index (κ1) is 14.7. The number of pyridine rings is 1. The molecule has 1 aliphatic rings. The number of nitrogens with one attached hydrogen (secondary N) is 1. The zero-order chi connectivity index (χ0) is 16.5. The molecule has 0 radical (unpaired) electrons. The van der Waals surface area contributed by atoms with E-state index >= 15 is 0 Å². The Morgan fingerprint density at radius 3 is 2.42 bits per heavy atom. The van der Waals surface area contributed by atoms with Gasteiger partial charge in [-0.2, -0.15) is 0 Å². The van der Waals surface area contributed by atoms with Crippen LogP contribution >= 0.6 is 11.6 Å². The van der Waals surface area contributed by atoms with Crippen LogP contribution < -0.4 is 10.2 Å². The van der Waals surface area contributed by atoms with Gasteiger partial charge in [-0.05, 0) is 54.1 Å². The molecule has 1 aliphatic heterocycles. The van der Waals surface area contributed by atoms with Crippen LogP contribution in [0.25, 0.3) is 0 Å². The Morgan fingerprint density at radius 2 is 1.67 bits per heavy atom. The molecule has 0 bridgehead atoms. The Labute approximate surface area is 144 Å². The number of rotatable bonds is 2. The lowest BCUT2D eigenvalue weighted by atomic mass is 10.0. The second-order valence-corrected chi connectivity index (χ2v) is 5.96. The van der Waals surface area contributed by atoms with Crippen LogP contribution in [-0.4, -0.2) is 10.9 Å². The third-order valence-electron chi connectivity index (χ3n) is 4.05. The zero-order valence-corrected chi connectivity index (χ0v) is 13.4. The predicted octanol–water partition coefficient (Wildman–Crippen LogP) is 4.51. The summed E-state index contributed by atoms with van der Waals surface area (Å²) in [5.41, 5.74) is 3.23. The molecule has 1 atom stereocenters.